The van der Waals surface area contributed by atoms with Gasteiger partial charge < -0.3 is 19.6 Å². The van der Waals surface area contributed by atoms with Gasteiger partial charge in [0.15, 0.2) is 5.60 Å². The summed E-state index contributed by atoms with van der Waals surface area (Å²) < 4.78 is 22.9. The Morgan fingerprint density at radius 2 is 2.09 bits per heavy atom. The largest absolute Gasteiger partial charge is 0.394 e. The van der Waals surface area contributed by atoms with Crippen molar-refractivity contribution >= 4 is 33.4 Å². The Morgan fingerprint density at radius 3 is 2.72 bits per heavy atom. The number of likely N-dealkylation sites (N-methyl/N-ethyl adjacent to an activating group) is 1. The van der Waals surface area contributed by atoms with E-state index >= 15 is 4.39 Å². The van der Waals surface area contributed by atoms with Crippen molar-refractivity contribution in [3.8, 4) is 0 Å². The van der Waals surface area contributed by atoms with Crippen molar-refractivity contribution in [2.75, 3.05) is 25.1 Å². The Kier molecular flexibility index (Phi) is 5.96. The molecule has 2 saturated heterocycles. The average molecular weight is 511 g/mol. The fourth-order valence-electron chi connectivity index (χ4n) is 6.22. The van der Waals surface area contributed by atoms with Gasteiger partial charge in [-0.2, -0.15) is 0 Å². The lowest BCUT2D eigenvalue weighted by Gasteiger charge is -2.32. The molecule has 176 valence electrons. The van der Waals surface area contributed by atoms with Crippen molar-refractivity contribution in [2.24, 2.45) is 11.8 Å². The molecule has 3 aliphatic heterocycles. The van der Waals surface area contributed by atoms with Crippen molar-refractivity contribution in [2.45, 2.75) is 70.4 Å². The molecule has 1 spiro atoms. The highest BCUT2D eigenvalue weighted by atomic mass is 79.9. The SMILES string of the molecule is Cc1cc(Br)c2c(c1)[C@]1(O[C@@H](CC(=O)N3CCC[C@H]3CO)[C@H](C(C)(C)F)[C@H]1C)C(=O)N2C. The third kappa shape index (κ3) is 3.41. The minimum atomic E-state index is -1.65. The number of hydrogen-bond donors (Lipinski definition) is 1. The number of amides is 2. The highest BCUT2D eigenvalue weighted by Gasteiger charge is 2.66. The van der Waals surface area contributed by atoms with Crippen LogP contribution < -0.4 is 4.90 Å². The van der Waals surface area contributed by atoms with E-state index in [2.05, 4.69) is 15.9 Å². The number of aliphatic hydroxyl groups is 1. The Labute approximate surface area is 197 Å². The van der Waals surface area contributed by atoms with Gasteiger partial charge in [-0.15, -0.1) is 0 Å². The molecule has 1 aromatic rings. The number of aliphatic hydroxyl groups excluding tert-OH is 1. The monoisotopic (exact) mass is 510 g/mol. The number of carbonyl (C=O) groups is 2. The Hall–Kier alpha value is -1.51. The second-order valence-corrected chi connectivity index (χ2v) is 10.9. The molecule has 0 unspecified atom stereocenters. The van der Waals surface area contributed by atoms with E-state index < -0.39 is 29.2 Å². The number of carbonyl (C=O) groups excluding carboxylic acids is 2. The third-order valence-electron chi connectivity index (χ3n) is 7.56. The Balaban J connectivity index is 1.75. The van der Waals surface area contributed by atoms with Gasteiger partial charge in [0, 0.05) is 35.5 Å². The fraction of sp³-hybridized carbons (Fsp3) is 0.667. The standard InChI is InChI=1S/C24H32BrFN2O4/c1-13-9-16-21(17(25)10-13)27(5)22(31)24(16)14(2)20(23(3,4)26)18(32-24)11-19(30)28-8-6-7-15(28)12-29/h9-10,14-15,18,20,29H,6-8,11-12H2,1-5H3/t14-,15+,18+,20-,24+/m1/s1. The van der Waals surface area contributed by atoms with Crippen molar-refractivity contribution in [1.29, 1.82) is 0 Å². The number of aryl methyl sites for hydroxylation is 1. The Morgan fingerprint density at radius 1 is 1.41 bits per heavy atom. The van der Waals surface area contributed by atoms with Crippen LogP contribution in [0.4, 0.5) is 10.1 Å². The van der Waals surface area contributed by atoms with Crippen LogP contribution in [0.3, 0.4) is 0 Å². The second kappa shape index (κ2) is 8.06. The predicted octanol–water partition coefficient (Wildman–Crippen LogP) is 3.70. The molecular weight excluding hydrogens is 479 g/mol. The van der Waals surface area contributed by atoms with Gasteiger partial charge in [-0.05, 0) is 61.2 Å². The van der Waals surface area contributed by atoms with Crippen LogP contribution in [0.2, 0.25) is 0 Å². The highest BCUT2D eigenvalue weighted by molar-refractivity contribution is 9.10. The van der Waals surface area contributed by atoms with Crippen LogP contribution in [-0.2, 0) is 19.9 Å². The zero-order valence-electron chi connectivity index (χ0n) is 19.3. The number of hydrogen-bond acceptors (Lipinski definition) is 4. The van der Waals surface area contributed by atoms with Crippen LogP contribution in [-0.4, -0.2) is 59.8 Å². The van der Waals surface area contributed by atoms with Crippen LogP contribution >= 0.6 is 15.9 Å². The minimum Gasteiger partial charge on any atom is -0.394 e. The van der Waals surface area contributed by atoms with Crippen molar-refractivity contribution in [3.63, 3.8) is 0 Å². The number of rotatable bonds is 4. The lowest BCUT2D eigenvalue weighted by molar-refractivity contribution is -0.150. The first-order chi connectivity index (χ1) is 14.9. The number of anilines is 1. The van der Waals surface area contributed by atoms with Crippen LogP contribution in [0.25, 0.3) is 0 Å². The number of alkyl halides is 1. The van der Waals surface area contributed by atoms with Crippen molar-refractivity contribution < 1.29 is 23.8 Å². The first kappa shape index (κ1) is 23.6. The predicted molar refractivity (Wildman–Crippen MR) is 123 cm³/mol. The number of benzene rings is 1. The van der Waals surface area contributed by atoms with Crippen molar-refractivity contribution in [1.82, 2.24) is 4.90 Å². The molecule has 32 heavy (non-hydrogen) atoms. The highest BCUT2D eigenvalue weighted by Crippen LogP contribution is 2.59. The normalized spacial score (nSPS) is 32.3. The van der Waals surface area contributed by atoms with Crippen LogP contribution in [0, 0.1) is 18.8 Å². The van der Waals surface area contributed by atoms with E-state index in [9.17, 15) is 14.7 Å². The molecule has 8 heteroatoms. The molecule has 1 N–H and O–H groups in total. The number of likely N-dealkylation sites (tertiary alicyclic amines) is 1. The summed E-state index contributed by atoms with van der Waals surface area (Å²) in [5.41, 5.74) is -0.568. The van der Waals surface area contributed by atoms with E-state index in [4.69, 9.17) is 4.74 Å². The smallest absolute Gasteiger partial charge is 0.264 e. The summed E-state index contributed by atoms with van der Waals surface area (Å²) in [6, 6.07) is 3.68. The molecule has 0 bridgehead atoms. The molecular formula is C24H32BrFN2O4. The lowest BCUT2D eigenvalue weighted by Crippen LogP contribution is -2.44. The summed E-state index contributed by atoms with van der Waals surface area (Å²) in [5.74, 6) is -1.51. The summed E-state index contributed by atoms with van der Waals surface area (Å²) in [4.78, 5) is 30.1. The van der Waals surface area contributed by atoms with Gasteiger partial charge in [-0.3, -0.25) is 9.59 Å². The molecule has 3 heterocycles. The maximum absolute atomic E-state index is 15.6. The molecule has 0 aliphatic carbocycles. The van der Waals surface area contributed by atoms with Gasteiger partial charge in [0.05, 0.1) is 30.9 Å². The summed E-state index contributed by atoms with van der Waals surface area (Å²) in [7, 11) is 1.70. The number of halogens is 2. The third-order valence-corrected chi connectivity index (χ3v) is 8.16. The van der Waals surface area contributed by atoms with Gasteiger partial charge >= 0.3 is 0 Å². The average Bonchev–Trinajstić information content (AvgIpc) is 3.33. The molecule has 2 fully saturated rings. The lowest BCUT2D eigenvalue weighted by atomic mass is 9.71. The summed E-state index contributed by atoms with van der Waals surface area (Å²) >= 11 is 3.58. The number of ether oxygens (including phenoxy) is 1. The van der Waals surface area contributed by atoms with Gasteiger partial charge in [0.2, 0.25) is 5.91 Å². The van der Waals surface area contributed by atoms with E-state index in [1.54, 1.807) is 16.8 Å². The maximum atomic E-state index is 15.6. The Bertz CT molecular complexity index is 949. The second-order valence-electron chi connectivity index (χ2n) is 10.0. The molecule has 6 nitrogen and oxygen atoms in total. The quantitative estimate of drug-likeness (QED) is 0.670. The summed E-state index contributed by atoms with van der Waals surface area (Å²) in [5, 5.41) is 9.62. The van der Waals surface area contributed by atoms with Crippen LogP contribution in [0.1, 0.15) is 51.2 Å². The van der Waals surface area contributed by atoms with E-state index in [1.807, 2.05) is 26.0 Å². The van der Waals surface area contributed by atoms with Crippen LogP contribution in [0.15, 0.2) is 16.6 Å². The first-order valence-corrected chi connectivity index (χ1v) is 12.1. The molecule has 1 aromatic carbocycles. The molecule has 2 amide bonds. The molecule has 0 saturated carbocycles. The van der Waals surface area contributed by atoms with Gasteiger partial charge in [0.25, 0.3) is 5.91 Å². The minimum absolute atomic E-state index is 0.0140. The molecule has 3 aliphatic rings. The van der Waals surface area contributed by atoms with Crippen molar-refractivity contribution in [3.05, 3.63) is 27.7 Å². The van der Waals surface area contributed by atoms with E-state index in [-0.39, 0.29) is 30.9 Å². The maximum Gasteiger partial charge on any atom is 0.264 e. The zero-order valence-corrected chi connectivity index (χ0v) is 20.9. The first-order valence-electron chi connectivity index (χ1n) is 11.3. The number of fused-ring (bicyclic) bond motifs is 2. The molecule has 0 aromatic heterocycles. The number of nitrogens with zero attached hydrogens (tertiary/aromatic N) is 2. The van der Waals surface area contributed by atoms with Gasteiger partial charge in [0.1, 0.15) is 5.67 Å². The zero-order chi connectivity index (χ0) is 23.6. The topological polar surface area (TPSA) is 70.1 Å². The molecule has 0 radical (unpaired) electrons. The van der Waals surface area contributed by atoms with E-state index in [0.717, 1.165) is 34.1 Å². The summed E-state index contributed by atoms with van der Waals surface area (Å²) in [6.07, 6.45) is 0.834. The van der Waals surface area contributed by atoms with E-state index in [0.29, 0.717) is 6.54 Å². The molecule has 4 rings (SSSR count). The van der Waals surface area contributed by atoms with Gasteiger partial charge in [-0.1, -0.05) is 13.0 Å². The summed E-state index contributed by atoms with van der Waals surface area (Å²) in [6.45, 7) is 7.30. The molecule has 5 atom stereocenters. The van der Waals surface area contributed by atoms with Gasteiger partial charge in [-0.25, -0.2) is 4.39 Å². The van der Waals surface area contributed by atoms with Crippen LogP contribution in [0.5, 0.6) is 0 Å². The fourth-order valence-corrected chi connectivity index (χ4v) is 7.06. The van der Waals surface area contributed by atoms with E-state index in [1.165, 1.54) is 13.8 Å².